The Morgan fingerprint density at radius 3 is 2.81 bits per heavy atom. The molecule has 0 spiro atoms. The number of carbonyl (C=O) groups is 1. The number of ether oxygens (including phenoxy) is 2. The van der Waals surface area contributed by atoms with Gasteiger partial charge in [-0.3, -0.25) is 4.79 Å². The van der Waals surface area contributed by atoms with Gasteiger partial charge in [-0.2, -0.15) is 0 Å². The van der Waals surface area contributed by atoms with Crippen molar-refractivity contribution in [1.29, 1.82) is 0 Å². The molecule has 0 fully saturated rings. The lowest BCUT2D eigenvalue weighted by Gasteiger charge is -2.26. The second kappa shape index (κ2) is 6.94. The molecule has 0 radical (unpaired) electrons. The molecule has 140 valence electrons. The molecular formula is C20H19ClN2O3S. The first-order chi connectivity index (χ1) is 12.9. The van der Waals surface area contributed by atoms with E-state index < -0.39 is 0 Å². The predicted molar refractivity (Wildman–Crippen MR) is 107 cm³/mol. The molecule has 3 heterocycles. The minimum absolute atomic E-state index is 0.121. The average Bonchev–Trinajstić information content (AvgIpc) is 3.38. The van der Waals surface area contributed by atoms with Crippen molar-refractivity contribution >= 4 is 28.8 Å². The van der Waals surface area contributed by atoms with E-state index in [1.807, 2.05) is 36.5 Å². The molecule has 1 amide bonds. The second-order valence-electron chi connectivity index (χ2n) is 7.02. The van der Waals surface area contributed by atoms with Crippen LogP contribution in [0.25, 0.3) is 10.4 Å². The van der Waals surface area contributed by atoms with Gasteiger partial charge in [0.1, 0.15) is 0 Å². The molecule has 0 unspecified atom stereocenters. The number of aromatic nitrogens is 1. The monoisotopic (exact) mass is 402 g/mol. The Morgan fingerprint density at radius 1 is 1.22 bits per heavy atom. The molecule has 1 aliphatic rings. The Labute approximate surface area is 166 Å². The molecule has 0 saturated heterocycles. The molecule has 4 rings (SSSR count). The predicted octanol–water partition coefficient (Wildman–Crippen LogP) is 4.83. The normalized spacial score (nSPS) is 13.0. The molecule has 1 aromatic carbocycles. The van der Waals surface area contributed by atoms with Gasteiger partial charge in [-0.1, -0.05) is 31.5 Å². The van der Waals surface area contributed by atoms with Gasteiger partial charge in [0.25, 0.3) is 5.91 Å². The summed E-state index contributed by atoms with van der Waals surface area (Å²) in [6.45, 7) is 4.91. The molecule has 27 heavy (non-hydrogen) atoms. The lowest BCUT2D eigenvalue weighted by atomic mass is 9.84. The third-order valence-electron chi connectivity index (χ3n) is 4.67. The van der Waals surface area contributed by atoms with Crippen molar-refractivity contribution in [2.75, 3.05) is 13.3 Å². The Morgan fingerprint density at radius 2 is 2.04 bits per heavy atom. The van der Waals surface area contributed by atoms with Crippen molar-refractivity contribution in [1.82, 2.24) is 10.3 Å². The SMILES string of the molecule is CC(C)(CNC(=O)c1c[nH]cc1-c1ccc(Cl)s1)c1ccc2c(c1)OCO2. The molecule has 0 aliphatic carbocycles. The van der Waals surface area contributed by atoms with E-state index in [0.717, 1.165) is 27.5 Å². The van der Waals surface area contributed by atoms with Crippen LogP contribution in [0.15, 0.2) is 42.7 Å². The number of nitrogens with one attached hydrogen (secondary N) is 2. The van der Waals surface area contributed by atoms with Crippen LogP contribution in [-0.2, 0) is 5.41 Å². The van der Waals surface area contributed by atoms with Crippen LogP contribution in [0.1, 0.15) is 29.8 Å². The van der Waals surface area contributed by atoms with Crippen molar-refractivity contribution in [3.8, 4) is 21.9 Å². The number of hydrogen-bond donors (Lipinski definition) is 2. The van der Waals surface area contributed by atoms with E-state index in [0.29, 0.717) is 16.4 Å². The Kier molecular flexibility index (Phi) is 4.61. The number of amides is 1. The highest BCUT2D eigenvalue weighted by atomic mass is 35.5. The van der Waals surface area contributed by atoms with Crippen molar-refractivity contribution < 1.29 is 14.3 Å². The van der Waals surface area contributed by atoms with Gasteiger partial charge in [-0.25, -0.2) is 0 Å². The molecule has 7 heteroatoms. The molecular weight excluding hydrogens is 384 g/mol. The van der Waals surface area contributed by atoms with E-state index in [4.69, 9.17) is 21.1 Å². The maximum Gasteiger partial charge on any atom is 0.253 e. The highest BCUT2D eigenvalue weighted by Gasteiger charge is 2.25. The summed E-state index contributed by atoms with van der Waals surface area (Å²) in [4.78, 5) is 16.7. The fraction of sp³-hybridized carbons (Fsp3) is 0.250. The van der Waals surface area contributed by atoms with Crippen LogP contribution in [0.4, 0.5) is 0 Å². The molecule has 2 aromatic heterocycles. The van der Waals surface area contributed by atoms with E-state index in [-0.39, 0.29) is 18.1 Å². The van der Waals surface area contributed by atoms with Crippen molar-refractivity contribution in [3.05, 3.63) is 58.2 Å². The number of aromatic amines is 1. The van der Waals surface area contributed by atoms with Crippen molar-refractivity contribution in [2.45, 2.75) is 19.3 Å². The smallest absolute Gasteiger partial charge is 0.253 e. The standard InChI is InChI=1S/C20H19ClN2O3S/c1-20(2,12-3-4-15-16(7-12)26-11-25-15)10-23-19(24)14-9-22-8-13(14)17-5-6-18(21)27-17/h3-9,22H,10-11H2,1-2H3,(H,23,24). The highest BCUT2D eigenvalue weighted by Crippen LogP contribution is 2.36. The lowest BCUT2D eigenvalue weighted by Crippen LogP contribution is -2.36. The maximum atomic E-state index is 12.8. The van der Waals surface area contributed by atoms with Crippen LogP contribution in [0.5, 0.6) is 11.5 Å². The van der Waals surface area contributed by atoms with Crippen LogP contribution in [0.2, 0.25) is 4.34 Å². The first kappa shape index (κ1) is 17.9. The number of hydrogen-bond acceptors (Lipinski definition) is 4. The first-order valence-corrected chi connectivity index (χ1v) is 9.74. The second-order valence-corrected chi connectivity index (χ2v) is 8.74. The van der Waals surface area contributed by atoms with Gasteiger partial charge >= 0.3 is 0 Å². The minimum Gasteiger partial charge on any atom is -0.454 e. The van der Waals surface area contributed by atoms with Gasteiger partial charge in [0.15, 0.2) is 11.5 Å². The molecule has 0 bridgehead atoms. The van der Waals surface area contributed by atoms with Crippen molar-refractivity contribution in [2.24, 2.45) is 0 Å². The van der Waals surface area contributed by atoms with Crippen LogP contribution in [0, 0.1) is 0 Å². The number of benzene rings is 1. The van der Waals surface area contributed by atoms with Crippen LogP contribution in [0.3, 0.4) is 0 Å². The Bertz CT molecular complexity index is 993. The molecule has 0 atom stereocenters. The molecule has 1 aliphatic heterocycles. The third kappa shape index (κ3) is 3.55. The zero-order valence-corrected chi connectivity index (χ0v) is 16.5. The molecule has 0 saturated carbocycles. The summed E-state index contributed by atoms with van der Waals surface area (Å²) < 4.78 is 11.5. The number of H-pyrrole nitrogens is 1. The quantitative estimate of drug-likeness (QED) is 0.642. The molecule has 3 aromatic rings. The summed E-state index contributed by atoms with van der Waals surface area (Å²) in [6, 6.07) is 9.65. The topological polar surface area (TPSA) is 63.4 Å². The fourth-order valence-corrected chi connectivity index (χ4v) is 4.10. The van der Waals surface area contributed by atoms with Gasteiger partial charge < -0.3 is 19.8 Å². The third-order valence-corrected chi connectivity index (χ3v) is 5.94. The van der Waals surface area contributed by atoms with Gasteiger partial charge in [0, 0.05) is 34.8 Å². The number of rotatable bonds is 5. The number of halogens is 1. The average molecular weight is 403 g/mol. The van der Waals surface area contributed by atoms with E-state index in [1.54, 1.807) is 6.20 Å². The number of carbonyl (C=O) groups excluding carboxylic acids is 1. The summed E-state index contributed by atoms with van der Waals surface area (Å²) >= 11 is 7.48. The van der Waals surface area contributed by atoms with E-state index in [2.05, 4.69) is 24.1 Å². The zero-order chi connectivity index (χ0) is 19.0. The summed E-state index contributed by atoms with van der Waals surface area (Å²) in [5.74, 6) is 1.38. The molecule has 5 nitrogen and oxygen atoms in total. The summed E-state index contributed by atoms with van der Waals surface area (Å²) in [5.41, 5.74) is 2.27. The van der Waals surface area contributed by atoms with E-state index in [1.165, 1.54) is 11.3 Å². The van der Waals surface area contributed by atoms with E-state index in [9.17, 15) is 4.79 Å². The van der Waals surface area contributed by atoms with Crippen molar-refractivity contribution in [3.63, 3.8) is 0 Å². The zero-order valence-electron chi connectivity index (χ0n) is 15.0. The van der Waals surface area contributed by atoms with Crippen LogP contribution < -0.4 is 14.8 Å². The lowest BCUT2D eigenvalue weighted by molar-refractivity contribution is 0.0946. The van der Waals surface area contributed by atoms with Crippen LogP contribution >= 0.6 is 22.9 Å². The van der Waals surface area contributed by atoms with Gasteiger partial charge in [-0.15, -0.1) is 11.3 Å². The largest absolute Gasteiger partial charge is 0.454 e. The maximum absolute atomic E-state index is 12.8. The Balaban J connectivity index is 1.48. The molecule has 2 N–H and O–H groups in total. The van der Waals surface area contributed by atoms with E-state index >= 15 is 0 Å². The summed E-state index contributed by atoms with van der Waals surface area (Å²) in [7, 11) is 0. The number of fused-ring (bicyclic) bond motifs is 1. The highest BCUT2D eigenvalue weighted by molar-refractivity contribution is 7.19. The number of thiophene rings is 1. The van der Waals surface area contributed by atoms with Gasteiger partial charge in [0.2, 0.25) is 6.79 Å². The summed E-state index contributed by atoms with van der Waals surface area (Å²) in [5, 5.41) is 3.05. The summed E-state index contributed by atoms with van der Waals surface area (Å²) in [6.07, 6.45) is 3.53. The van der Waals surface area contributed by atoms with Crippen LogP contribution in [-0.4, -0.2) is 24.2 Å². The Hall–Kier alpha value is -2.44. The fourth-order valence-electron chi connectivity index (χ4n) is 3.03. The van der Waals surface area contributed by atoms with Gasteiger partial charge in [0.05, 0.1) is 9.90 Å². The first-order valence-electron chi connectivity index (χ1n) is 8.55. The van der Waals surface area contributed by atoms with Gasteiger partial charge in [-0.05, 0) is 29.8 Å². The minimum atomic E-state index is -0.265.